The third-order valence-corrected chi connectivity index (χ3v) is 5.98. The SMILES string of the molecule is C/C(=C\c1cn(Cc2ccccc2)c2ccc(C#N)cc12)C(=O)Nc1ccc(C(C)(C)C)cc1. The average molecular weight is 448 g/mol. The average Bonchev–Trinajstić information content (AvgIpc) is 3.15. The molecule has 0 aliphatic heterocycles. The summed E-state index contributed by atoms with van der Waals surface area (Å²) in [7, 11) is 0. The van der Waals surface area contributed by atoms with Gasteiger partial charge in [0, 0.05) is 40.5 Å². The lowest BCUT2D eigenvalue weighted by atomic mass is 9.87. The van der Waals surface area contributed by atoms with Gasteiger partial charge in [0.05, 0.1) is 11.6 Å². The number of carbonyl (C=O) groups is 1. The maximum atomic E-state index is 12.9. The normalized spacial score (nSPS) is 11.9. The molecule has 0 radical (unpaired) electrons. The molecule has 0 fully saturated rings. The Morgan fingerprint density at radius 1 is 1.03 bits per heavy atom. The zero-order chi connectivity index (χ0) is 24.3. The minimum atomic E-state index is -0.149. The molecule has 34 heavy (non-hydrogen) atoms. The molecule has 4 rings (SSSR count). The Balaban J connectivity index is 1.63. The molecule has 0 bridgehead atoms. The molecule has 0 aliphatic rings. The van der Waals surface area contributed by atoms with Crippen LogP contribution in [0.15, 0.2) is 84.6 Å². The number of aromatic nitrogens is 1. The molecule has 1 amide bonds. The van der Waals surface area contributed by atoms with Gasteiger partial charge in [0.25, 0.3) is 5.91 Å². The maximum absolute atomic E-state index is 12.9. The summed E-state index contributed by atoms with van der Waals surface area (Å²) >= 11 is 0. The fourth-order valence-electron chi connectivity index (χ4n) is 4.00. The largest absolute Gasteiger partial charge is 0.342 e. The smallest absolute Gasteiger partial charge is 0.251 e. The molecule has 0 aliphatic carbocycles. The number of carbonyl (C=O) groups excluding carboxylic acids is 1. The van der Waals surface area contributed by atoms with E-state index < -0.39 is 0 Å². The van der Waals surface area contributed by atoms with E-state index in [1.54, 1.807) is 0 Å². The molecule has 0 saturated heterocycles. The molecule has 3 aromatic carbocycles. The van der Waals surface area contributed by atoms with Crippen molar-refractivity contribution in [1.29, 1.82) is 5.26 Å². The van der Waals surface area contributed by atoms with E-state index in [0.29, 0.717) is 17.7 Å². The number of hydrogen-bond acceptors (Lipinski definition) is 2. The van der Waals surface area contributed by atoms with Crippen LogP contribution in [-0.2, 0) is 16.8 Å². The number of amides is 1. The Morgan fingerprint density at radius 2 is 1.74 bits per heavy atom. The van der Waals surface area contributed by atoms with Gasteiger partial charge in [-0.25, -0.2) is 0 Å². The van der Waals surface area contributed by atoms with Crippen molar-refractivity contribution >= 4 is 28.6 Å². The number of nitrogens with one attached hydrogen (secondary N) is 1. The van der Waals surface area contributed by atoms with Crippen LogP contribution in [-0.4, -0.2) is 10.5 Å². The van der Waals surface area contributed by atoms with Crippen LogP contribution in [0, 0.1) is 11.3 Å². The van der Waals surface area contributed by atoms with Crippen LogP contribution >= 0.6 is 0 Å². The molecule has 4 nitrogen and oxygen atoms in total. The first-order valence-corrected chi connectivity index (χ1v) is 11.4. The number of rotatable bonds is 5. The van der Waals surface area contributed by atoms with Gasteiger partial charge in [-0.3, -0.25) is 4.79 Å². The second kappa shape index (κ2) is 9.41. The van der Waals surface area contributed by atoms with Crippen LogP contribution in [0.1, 0.15) is 49.9 Å². The van der Waals surface area contributed by atoms with Crippen molar-refractivity contribution in [3.8, 4) is 6.07 Å². The standard InChI is InChI=1S/C30H29N3O/c1-21(29(34)32-26-13-11-25(12-14-26)30(2,3)4)16-24-20-33(19-22-8-6-5-7-9-22)28-15-10-23(18-31)17-27(24)28/h5-17,20H,19H2,1-4H3,(H,32,34)/b21-16+. The van der Waals surface area contributed by atoms with Crippen molar-refractivity contribution in [2.75, 3.05) is 5.32 Å². The molecule has 1 heterocycles. The molecule has 0 unspecified atom stereocenters. The van der Waals surface area contributed by atoms with Gasteiger partial charge in [0.15, 0.2) is 0 Å². The van der Waals surface area contributed by atoms with Crippen LogP contribution in [0.4, 0.5) is 5.69 Å². The Bertz CT molecular complexity index is 1400. The van der Waals surface area contributed by atoms with E-state index >= 15 is 0 Å². The minimum absolute atomic E-state index is 0.0641. The van der Waals surface area contributed by atoms with Gasteiger partial charge in [-0.1, -0.05) is 63.2 Å². The summed E-state index contributed by atoms with van der Waals surface area (Å²) in [4.78, 5) is 12.9. The van der Waals surface area contributed by atoms with Gasteiger partial charge in [0.2, 0.25) is 0 Å². The molecular formula is C30H29N3O. The molecule has 1 N–H and O–H groups in total. The van der Waals surface area contributed by atoms with Gasteiger partial charge in [-0.15, -0.1) is 0 Å². The highest BCUT2D eigenvalue weighted by molar-refractivity contribution is 6.07. The molecule has 170 valence electrons. The Morgan fingerprint density at radius 3 is 2.38 bits per heavy atom. The first kappa shape index (κ1) is 23.1. The molecular weight excluding hydrogens is 418 g/mol. The second-order valence-corrected chi connectivity index (χ2v) is 9.65. The lowest BCUT2D eigenvalue weighted by Crippen LogP contribution is -2.14. The van der Waals surface area contributed by atoms with E-state index in [0.717, 1.165) is 22.2 Å². The zero-order valence-corrected chi connectivity index (χ0v) is 20.1. The monoisotopic (exact) mass is 447 g/mol. The highest BCUT2D eigenvalue weighted by atomic mass is 16.1. The number of hydrogen-bond donors (Lipinski definition) is 1. The van der Waals surface area contributed by atoms with E-state index in [9.17, 15) is 10.1 Å². The fraction of sp³-hybridized carbons (Fsp3) is 0.200. The molecule has 0 atom stereocenters. The third-order valence-electron chi connectivity index (χ3n) is 5.98. The highest BCUT2D eigenvalue weighted by Gasteiger charge is 2.14. The van der Waals surface area contributed by atoms with Crippen LogP contribution in [0.5, 0.6) is 0 Å². The van der Waals surface area contributed by atoms with Crippen molar-refractivity contribution < 1.29 is 4.79 Å². The topological polar surface area (TPSA) is 57.8 Å². The molecule has 1 aromatic heterocycles. The zero-order valence-electron chi connectivity index (χ0n) is 20.1. The Kier molecular flexibility index (Phi) is 6.38. The number of fused-ring (bicyclic) bond motifs is 1. The predicted molar refractivity (Wildman–Crippen MR) is 140 cm³/mol. The van der Waals surface area contributed by atoms with Crippen LogP contribution in [0.2, 0.25) is 0 Å². The fourth-order valence-corrected chi connectivity index (χ4v) is 4.00. The summed E-state index contributed by atoms with van der Waals surface area (Å²) in [6.45, 7) is 9.02. The summed E-state index contributed by atoms with van der Waals surface area (Å²) in [5.41, 5.74) is 6.38. The number of anilines is 1. The summed E-state index contributed by atoms with van der Waals surface area (Å²) in [5, 5.41) is 13.3. The predicted octanol–water partition coefficient (Wildman–Crippen LogP) is 6.90. The molecule has 0 spiro atoms. The van der Waals surface area contributed by atoms with Gasteiger partial charge >= 0.3 is 0 Å². The van der Waals surface area contributed by atoms with Gasteiger partial charge in [0.1, 0.15) is 0 Å². The van der Waals surface area contributed by atoms with Crippen molar-refractivity contribution in [3.63, 3.8) is 0 Å². The van der Waals surface area contributed by atoms with Gasteiger partial charge < -0.3 is 9.88 Å². The van der Waals surface area contributed by atoms with Crippen molar-refractivity contribution in [3.05, 3.63) is 107 Å². The van der Waals surface area contributed by atoms with Gasteiger partial charge in [-0.2, -0.15) is 5.26 Å². The minimum Gasteiger partial charge on any atom is -0.342 e. The van der Waals surface area contributed by atoms with Crippen LogP contribution in [0.3, 0.4) is 0 Å². The lowest BCUT2D eigenvalue weighted by molar-refractivity contribution is -0.112. The second-order valence-electron chi connectivity index (χ2n) is 9.65. The van der Waals surface area contributed by atoms with Crippen LogP contribution in [0.25, 0.3) is 17.0 Å². The van der Waals surface area contributed by atoms with Crippen LogP contribution < -0.4 is 5.32 Å². The molecule has 4 heteroatoms. The summed E-state index contributed by atoms with van der Waals surface area (Å²) in [5.74, 6) is -0.149. The summed E-state index contributed by atoms with van der Waals surface area (Å²) in [6.07, 6.45) is 3.94. The van der Waals surface area contributed by atoms with Crippen molar-refractivity contribution in [2.45, 2.75) is 39.7 Å². The number of nitrogens with zero attached hydrogens (tertiary/aromatic N) is 2. The van der Waals surface area contributed by atoms with E-state index in [2.05, 4.69) is 61.0 Å². The quantitative estimate of drug-likeness (QED) is 0.338. The summed E-state index contributed by atoms with van der Waals surface area (Å²) < 4.78 is 2.16. The molecule has 0 saturated carbocycles. The van der Waals surface area contributed by atoms with E-state index in [1.165, 1.54) is 11.1 Å². The molecule has 4 aromatic rings. The first-order valence-electron chi connectivity index (χ1n) is 11.4. The first-order chi connectivity index (χ1) is 16.2. The Hall–Kier alpha value is -4.10. The summed E-state index contributed by atoms with van der Waals surface area (Å²) in [6, 6.07) is 26.1. The maximum Gasteiger partial charge on any atom is 0.251 e. The third kappa shape index (κ3) is 5.10. The van der Waals surface area contributed by atoms with E-state index in [-0.39, 0.29) is 11.3 Å². The van der Waals surface area contributed by atoms with Crippen molar-refractivity contribution in [2.24, 2.45) is 0 Å². The lowest BCUT2D eigenvalue weighted by Gasteiger charge is -2.19. The van der Waals surface area contributed by atoms with E-state index in [4.69, 9.17) is 0 Å². The Labute approximate surface area is 201 Å². The number of nitriles is 1. The number of benzene rings is 3. The van der Waals surface area contributed by atoms with E-state index in [1.807, 2.05) is 67.7 Å². The highest BCUT2D eigenvalue weighted by Crippen LogP contribution is 2.27. The van der Waals surface area contributed by atoms with Crippen molar-refractivity contribution in [1.82, 2.24) is 4.57 Å². The van der Waals surface area contributed by atoms with Gasteiger partial charge in [-0.05, 0) is 59.9 Å².